The number of hydrogen-bond acceptors (Lipinski definition) is 3. The maximum absolute atomic E-state index is 13.7. The predicted octanol–water partition coefficient (Wildman–Crippen LogP) is 2.65. The second kappa shape index (κ2) is 8.21. The molecule has 1 amide bonds. The molecule has 0 unspecified atom stereocenters. The third kappa shape index (κ3) is 4.86. The Bertz CT molecular complexity index is 702. The van der Waals surface area contributed by atoms with Gasteiger partial charge in [-0.05, 0) is 60.9 Å². The molecular weight excluding hydrogens is 319 g/mol. The molecule has 1 atom stereocenters. The Morgan fingerprint density at radius 3 is 2.64 bits per heavy atom. The van der Waals surface area contributed by atoms with Crippen molar-refractivity contribution in [2.24, 2.45) is 5.92 Å². The minimum Gasteiger partial charge on any atom is -0.393 e. The van der Waals surface area contributed by atoms with Gasteiger partial charge < -0.3 is 10.4 Å². The molecule has 132 valence electrons. The molecule has 0 radical (unpaired) electrons. The van der Waals surface area contributed by atoms with Crippen molar-refractivity contribution in [2.75, 3.05) is 0 Å². The summed E-state index contributed by atoms with van der Waals surface area (Å²) in [4.78, 5) is 16.4. The predicted molar refractivity (Wildman–Crippen MR) is 93.3 cm³/mol. The number of amides is 1. The molecule has 3 rings (SSSR count). The normalized spacial score (nSPS) is 20.6. The van der Waals surface area contributed by atoms with Crippen LogP contribution >= 0.6 is 0 Å². The number of rotatable bonds is 7. The molecule has 0 spiro atoms. The van der Waals surface area contributed by atoms with Crippen molar-refractivity contribution < 1.29 is 14.3 Å². The second-order valence-electron chi connectivity index (χ2n) is 6.71. The van der Waals surface area contributed by atoms with Crippen molar-refractivity contribution >= 4 is 5.91 Å². The number of aromatic nitrogens is 1. The Morgan fingerprint density at radius 1 is 1.24 bits per heavy atom. The zero-order valence-corrected chi connectivity index (χ0v) is 14.1. The van der Waals surface area contributed by atoms with Crippen LogP contribution in [0.15, 0.2) is 48.8 Å². The van der Waals surface area contributed by atoms with E-state index in [1.807, 2.05) is 12.1 Å². The lowest BCUT2D eigenvalue weighted by Gasteiger charge is -2.38. The van der Waals surface area contributed by atoms with Crippen molar-refractivity contribution in [2.45, 2.75) is 44.2 Å². The van der Waals surface area contributed by atoms with Gasteiger partial charge >= 0.3 is 0 Å². The minimum absolute atomic E-state index is 0.0149. The number of nitrogens with one attached hydrogen (secondary N) is 1. The van der Waals surface area contributed by atoms with Gasteiger partial charge in [0.25, 0.3) is 0 Å². The van der Waals surface area contributed by atoms with E-state index in [2.05, 4.69) is 10.3 Å². The summed E-state index contributed by atoms with van der Waals surface area (Å²) in [7, 11) is 0. The van der Waals surface area contributed by atoms with E-state index in [0.717, 1.165) is 5.56 Å². The number of nitrogens with zero attached hydrogens (tertiary/aromatic N) is 1. The summed E-state index contributed by atoms with van der Waals surface area (Å²) in [5, 5.41) is 12.7. The number of benzene rings is 1. The van der Waals surface area contributed by atoms with Crippen LogP contribution in [0.2, 0.25) is 0 Å². The highest BCUT2D eigenvalue weighted by atomic mass is 19.1. The molecule has 1 aromatic carbocycles. The highest BCUT2D eigenvalue weighted by Crippen LogP contribution is 2.31. The number of aliphatic hydroxyl groups excluding tert-OH is 1. The smallest absolute Gasteiger partial charge is 0.220 e. The van der Waals surface area contributed by atoms with E-state index in [9.17, 15) is 14.3 Å². The van der Waals surface area contributed by atoms with Gasteiger partial charge in [0.1, 0.15) is 5.82 Å². The van der Waals surface area contributed by atoms with Crippen molar-refractivity contribution in [1.29, 1.82) is 0 Å². The fourth-order valence-corrected chi connectivity index (χ4v) is 3.30. The molecule has 1 aromatic heterocycles. The minimum atomic E-state index is -0.272. The fourth-order valence-electron chi connectivity index (χ4n) is 3.30. The first kappa shape index (κ1) is 17.5. The molecule has 1 saturated carbocycles. The van der Waals surface area contributed by atoms with Crippen LogP contribution < -0.4 is 5.32 Å². The third-order valence-electron chi connectivity index (χ3n) is 4.85. The van der Waals surface area contributed by atoms with Crippen LogP contribution in [-0.2, 0) is 17.6 Å². The van der Waals surface area contributed by atoms with E-state index in [4.69, 9.17) is 0 Å². The van der Waals surface area contributed by atoms with E-state index in [-0.39, 0.29) is 36.2 Å². The molecule has 2 aromatic rings. The van der Waals surface area contributed by atoms with Crippen LogP contribution in [0.3, 0.4) is 0 Å². The number of carbonyl (C=O) groups is 1. The van der Waals surface area contributed by atoms with Gasteiger partial charge in [0, 0.05) is 24.9 Å². The van der Waals surface area contributed by atoms with E-state index in [1.54, 1.807) is 30.6 Å². The Morgan fingerprint density at radius 2 is 1.96 bits per heavy atom. The van der Waals surface area contributed by atoms with Crippen molar-refractivity contribution in [1.82, 2.24) is 10.3 Å². The van der Waals surface area contributed by atoms with Crippen LogP contribution in [0.25, 0.3) is 0 Å². The Hall–Kier alpha value is -2.27. The van der Waals surface area contributed by atoms with Gasteiger partial charge in [-0.15, -0.1) is 0 Å². The summed E-state index contributed by atoms with van der Waals surface area (Å²) in [6.07, 6.45) is 5.99. The van der Waals surface area contributed by atoms with Gasteiger partial charge in [-0.2, -0.15) is 0 Å². The zero-order chi connectivity index (χ0) is 17.6. The van der Waals surface area contributed by atoms with Crippen molar-refractivity contribution in [3.8, 4) is 0 Å². The molecule has 1 fully saturated rings. The molecule has 4 nitrogen and oxygen atoms in total. The summed E-state index contributed by atoms with van der Waals surface area (Å²) < 4.78 is 13.7. The number of pyridine rings is 1. The van der Waals surface area contributed by atoms with E-state index in [1.165, 1.54) is 6.07 Å². The van der Waals surface area contributed by atoms with Crippen LogP contribution in [0.4, 0.5) is 4.39 Å². The SMILES string of the molecule is O=C(CCc1ccccc1F)N[C@H](Cc1ccncc1)C1CC(O)C1. The Labute approximate surface area is 147 Å². The number of halogens is 1. The molecule has 25 heavy (non-hydrogen) atoms. The lowest BCUT2D eigenvalue weighted by molar-refractivity contribution is -0.122. The Balaban J connectivity index is 1.57. The molecule has 1 aliphatic rings. The van der Waals surface area contributed by atoms with Crippen LogP contribution in [0.5, 0.6) is 0 Å². The average Bonchev–Trinajstić information content (AvgIpc) is 2.59. The van der Waals surface area contributed by atoms with Crippen molar-refractivity contribution in [3.05, 3.63) is 65.7 Å². The average molecular weight is 342 g/mol. The summed E-state index contributed by atoms with van der Waals surface area (Å²) in [6, 6.07) is 10.4. The lowest BCUT2D eigenvalue weighted by atomic mass is 9.75. The van der Waals surface area contributed by atoms with E-state index < -0.39 is 0 Å². The zero-order valence-electron chi connectivity index (χ0n) is 14.1. The third-order valence-corrected chi connectivity index (χ3v) is 4.85. The van der Waals surface area contributed by atoms with Gasteiger partial charge in [0.2, 0.25) is 5.91 Å². The topological polar surface area (TPSA) is 62.2 Å². The quantitative estimate of drug-likeness (QED) is 0.813. The van der Waals surface area contributed by atoms with E-state index >= 15 is 0 Å². The molecule has 0 saturated heterocycles. The van der Waals surface area contributed by atoms with E-state index in [0.29, 0.717) is 31.2 Å². The molecule has 2 N–H and O–H groups in total. The first-order valence-corrected chi connectivity index (χ1v) is 8.71. The second-order valence-corrected chi connectivity index (χ2v) is 6.71. The Kier molecular flexibility index (Phi) is 5.76. The first-order chi connectivity index (χ1) is 12.1. The highest BCUT2D eigenvalue weighted by molar-refractivity contribution is 5.76. The highest BCUT2D eigenvalue weighted by Gasteiger charge is 2.34. The number of aryl methyl sites for hydroxylation is 1. The maximum Gasteiger partial charge on any atom is 0.220 e. The standard InChI is InChI=1S/C20H23FN2O2/c21-18-4-2-1-3-15(18)5-6-20(25)23-19(16-12-17(24)13-16)11-14-7-9-22-10-8-14/h1-4,7-10,16-17,19,24H,5-6,11-13H2,(H,23,25)/t16?,17?,19-/m1/s1. The van der Waals surface area contributed by atoms with Gasteiger partial charge in [0.05, 0.1) is 6.10 Å². The molecule has 1 aliphatic carbocycles. The molecule has 0 aliphatic heterocycles. The van der Waals surface area contributed by atoms with Gasteiger partial charge in [-0.1, -0.05) is 18.2 Å². The van der Waals surface area contributed by atoms with Crippen LogP contribution in [0.1, 0.15) is 30.4 Å². The van der Waals surface area contributed by atoms with Gasteiger partial charge in [-0.3, -0.25) is 9.78 Å². The summed E-state index contributed by atoms with van der Waals surface area (Å²) in [6.45, 7) is 0. The maximum atomic E-state index is 13.7. The molecule has 5 heteroatoms. The molecule has 0 bridgehead atoms. The first-order valence-electron chi connectivity index (χ1n) is 8.71. The van der Waals surface area contributed by atoms with Gasteiger partial charge in [0.15, 0.2) is 0 Å². The van der Waals surface area contributed by atoms with Crippen LogP contribution in [0, 0.1) is 11.7 Å². The molecular formula is C20H23FN2O2. The largest absolute Gasteiger partial charge is 0.393 e. The lowest BCUT2D eigenvalue weighted by Crippen LogP contribution is -2.48. The summed E-state index contributed by atoms with van der Waals surface area (Å²) in [5.74, 6) is -0.0740. The van der Waals surface area contributed by atoms with Gasteiger partial charge in [-0.25, -0.2) is 4.39 Å². The fraction of sp³-hybridized carbons (Fsp3) is 0.400. The number of hydrogen-bond donors (Lipinski definition) is 2. The molecule has 1 heterocycles. The summed E-state index contributed by atoms with van der Waals surface area (Å²) in [5.41, 5.74) is 1.66. The summed E-state index contributed by atoms with van der Waals surface area (Å²) >= 11 is 0. The van der Waals surface area contributed by atoms with Crippen LogP contribution in [-0.4, -0.2) is 28.1 Å². The van der Waals surface area contributed by atoms with Crippen molar-refractivity contribution in [3.63, 3.8) is 0 Å². The number of carbonyl (C=O) groups excluding carboxylic acids is 1. The monoisotopic (exact) mass is 342 g/mol. The number of aliphatic hydroxyl groups is 1.